The second-order valence-corrected chi connectivity index (χ2v) is 34.7. The van der Waals surface area contributed by atoms with Gasteiger partial charge in [-0.15, -0.1) is 0 Å². The van der Waals surface area contributed by atoms with Crippen molar-refractivity contribution < 1.29 is 0 Å². The van der Waals surface area contributed by atoms with Crippen LogP contribution in [-0.2, 0) is 0 Å². The fourth-order valence-electron chi connectivity index (χ4n) is 6.94. The van der Waals surface area contributed by atoms with Crippen LogP contribution in [0.5, 0.6) is 0 Å². The van der Waals surface area contributed by atoms with Gasteiger partial charge in [0.2, 0.25) is 0 Å². The molecule has 273 valence electrons. The molecule has 9 aromatic carbocycles. The first-order chi connectivity index (χ1) is 28.3. The molecule has 0 aromatic heterocycles. The first-order valence-electron chi connectivity index (χ1n) is 19.4. The van der Waals surface area contributed by atoms with Crippen LogP contribution >= 0.6 is 0 Å². The summed E-state index contributed by atoms with van der Waals surface area (Å²) in [7, 11) is 0. The van der Waals surface area contributed by atoms with E-state index >= 15 is 0 Å². The zero-order valence-corrected chi connectivity index (χ0v) is 40.5. The third-order valence-electron chi connectivity index (χ3n) is 9.56. The van der Waals surface area contributed by atoms with Crippen molar-refractivity contribution >= 4 is 91.5 Å². The zero-order valence-electron chi connectivity index (χ0n) is 32.0. The van der Waals surface area contributed by atoms with Gasteiger partial charge in [0, 0.05) is 0 Å². The molecule has 9 aromatic rings. The number of hydrogen-bond donors (Lipinski definition) is 0. The van der Waals surface area contributed by atoms with Crippen molar-refractivity contribution in [1.29, 1.82) is 0 Å². The van der Waals surface area contributed by atoms with Crippen LogP contribution in [0.25, 0.3) is 0 Å². The van der Waals surface area contributed by atoms with E-state index in [4.69, 9.17) is 0 Å². The Balaban J connectivity index is 0.000000131. The molecule has 9 rings (SSSR count). The molecular weight excluding hydrogens is 1000 g/mol. The molecule has 0 saturated heterocycles. The fraction of sp³-hybridized carbons (Fsp3) is 0. The molecule has 0 bridgehead atoms. The van der Waals surface area contributed by atoms with Crippen LogP contribution in [-0.4, -0.2) is 59.3 Å². The Morgan fingerprint density at radius 1 is 0.123 bits per heavy atom. The van der Waals surface area contributed by atoms with E-state index in [1.165, 1.54) is 32.2 Å². The molecular formula is C54H45Sn3. The van der Waals surface area contributed by atoms with Gasteiger partial charge >= 0.3 is 364 Å². The standard InChI is InChI=1S/9C6H5.3Sn/c9*1-2-4-6-5-3-1;;;/h9*1-5H;;;. The molecule has 0 nitrogen and oxygen atoms in total. The van der Waals surface area contributed by atoms with Gasteiger partial charge in [0.15, 0.2) is 0 Å². The summed E-state index contributed by atoms with van der Waals surface area (Å²) >= 11 is -5.94. The quantitative estimate of drug-likeness (QED) is 0.143. The van der Waals surface area contributed by atoms with E-state index in [1.54, 1.807) is 0 Å². The summed E-state index contributed by atoms with van der Waals surface area (Å²) in [6.07, 6.45) is 0. The summed E-state index contributed by atoms with van der Waals surface area (Å²) in [5, 5.41) is 0. The van der Waals surface area contributed by atoms with Gasteiger partial charge in [0.1, 0.15) is 0 Å². The molecule has 0 N–H and O–H groups in total. The summed E-state index contributed by atoms with van der Waals surface area (Å²) in [5.41, 5.74) is 0. The van der Waals surface area contributed by atoms with Gasteiger partial charge in [0.25, 0.3) is 0 Å². The van der Waals surface area contributed by atoms with Crippen LogP contribution in [0.15, 0.2) is 273 Å². The first-order valence-corrected chi connectivity index (χ1v) is 32.3. The molecule has 3 heteroatoms. The minimum absolute atomic E-state index is 1.53. The van der Waals surface area contributed by atoms with Gasteiger partial charge in [-0.2, -0.15) is 0 Å². The second-order valence-electron chi connectivity index (χ2n) is 13.4. The van der Waals surface area contributed by atoms with E-state index in [1.807, 2.05) is 0 Å². The molecule has 3 radical (unpaired) electrons. The maximum absolute atomic E-state index is 2.29. The molecule has 0 aliphatic rings. The molecule has 0 amide bonds. The topological polar surface area (TPSA) is 0 Å². The third-order valence-corrected chi connectivity index (χ3v) is 33.0. The predicted octanol–water partition coefficient (Wildman–Crippen LogP) is 6.61. The number of hydrogen-bond acceptors (Lipinski definition) is 0. The van der Waals surface area contributed by atoms with Crippen LogP contribution in [0, 0.1) is 0 Å². The van der Waals surface area contributed by atoms with Crippen LogP contribution < -0.4 is 32.2 Å². The predicted molar refractivity (Wildman–Crippen MR) is 252 cm³/mol. The van der Waals surface area contributed by atoms with Crippen LogP contribution in [0.1, 0.15) is 0 Å². The molecule has 0 spiro atoms. The summed E-state index contributed by atoms with van der Waals surface area (Å²) in [5.74, 6) is 0. The van der Waals surface area contributed by atoms with Crippen molar-refractivity contribution in [1.82, 2.24) is 0 Å². The molecule has 0 atom stereocenters. The van der Waals surface area contributed by atoms with Gasteiger partial charge in [-0.1, -0.05) is 0 Å². The minimum atomic E-state index is -1.98. The molecule has 0 unspecified atom stereocenters. The maximum atomic E-state index is 2.29. The Labute approximate surface area is 360 Å². The van der Waals surface area contributed by atoms with E-state index in [0.29, 0.717) is 0 Å². The van der Waals surface area contributed by atoms with E-state index < -0.39 is 59.3 Å². The first kappa shape index (κ1) is 40.6. The Morgan fingerprint density at radius 3 is 0.298 bits per heavy atom. The van der Waals surface area contributed by atoms with Gasteiger partial charge in [-0.25, -0.2) is 0 Å². The van der Waals surface area contributed by atoms with Gasteiger partial charge in [0.05, 0.1) is 0 Å². The summed E-state index contributed by atoms with van der Waals surface area (Å²) < 4.78 is 13.8. The Kier molecular flexibility index (Phi) is 15.9. The van der Waals surface area contributed by atoms with E-state index in [-0.39, 0.29) is 0 Å². The van der Waals surface area contributed by atoms with Crippen molar-refractivity contribution in [3.05, 3.63) is 273 Å². The van der Waals surface area contributed by atoms with Crippen molar-refractivity contribution in [2.24, 2.45) is 0 Å². The zero-order chi connectivity index (χ0) is 38.7. The van der Waals surface area contributed by atoms with Gasteiger partial charge in [-0.3, -0.25) is 0 Å². The molecule has 0 saturated carbocycles. The van der Waals surface area contributed by atoms with Gasteiger partial charge < -0.3 is 0 Å². The van der Waals surface area contributed by atoms with Crippen molar-refractivity contribution in [3.63, 3.8) is 0 Å². The molecule has 0 aliphatic heterocycles. The van der Waals surface area contributed by atoms with E-state index in [0.717, 1.165) is 0 Å². The summed E-state index contributed by atoms with van der Waals surface area (Å²) in [6.45, 7) is 0. The summed E-state index contributed by atoms with van der Waals surface area (Å²) in [6, 6.07) is 98.8. The monoisotopic (exact) mass is 1050 g/mol. The van der Waals surface area contributed by atoms with Crippen LogP contribution in [0.4, 0.5) is 0 Å². The normalized spacial score (nSPS) is 10.6. The molecule has 0 fully saturated rings. The molecule has 0 aliphatic carbocycles. The average Bonchev–Trinajstić information content (AvgIpc) is 3.30. The van der Waals surface area contributed by atoms with Crippen molar-refractivity contribution in [2.45, 2.75) is 0 Å². The summed E-state index contributed by atoms with van der Waals surface area (Å²) in [4.78, 5) is 0. The van der Waals surface area contributed by atoms with E-state index in [9.17, 15) is 0 Å². The van der Waals surface area contributed by atoms with Crippen LogP contribution in [0.3, 0.4) is 0 Å². The van der Waals surface area contributed by atoms with Crippen LogP contribution in [0.2, 0.25) is 0 Å². The number of rotatable bonds is 9. The Morgan fingerprint density at radius 2 is 0.211 bits per heavy atom. The molecule has 0 heterocycles. The second kappa shape index (κ2) is 22.4. The van der Waals surface area contributed by atoms with Gasteiger partial charge in [-0.05, 0) is 0 Å². The van der Waals surface area contributed by atoms with Crippen molar-refractivity contribution in [3.8, 4) is 0 Å². The molecule has 57 heavy (non-hydrogen) atoms. The van der Waals surface area contributed by atoms with Crippen molar-refractivity contribution in [2.75, 3.05) is 0 Å². The van der Waals surface area contributed by atoms with E-state index in [2.05, 4.69) is 273 Å². The Bertz CT molecular complexity index is 1850. The number of benzene rings is 9. The average molecular weight is 1050 g/mol. The SMILES string of the molecule is c1cc[c]([Sn]([c]2ccccc2)[c]2ccccc2)cc1.c1cc[c]([Sn]([c]2ccccc2)[c]2ccccc2)cc1.c1cc[c]([Sn]([c]2ccccc2)[c]2ccccc2)cc1. The Hall–Kier alpha value is -4.62. The third kappa shape index (κ3) is 11.7. The fourth-order valence-corrected chi connectivity index (χ4v) is 29.0.